The minimum Gasteiger partial charge on any atom is -0.358 e. The molecule has 3 aromatic rings. The topological polar surface area (TPSA) is 49.3 Å². The number of halogens is 2. The monoisotopic (exact) mass is 444 g/mol. The lowest BCUT2D eigenvalue weighted by atomic mass is 9.97. The van der Waals surface area contributed by atoms with Gasteiger partial charge < -0.3 is 9.80 Å². The molecule has 0 unspecified atom stereocenters. The molecule has 4 rings (SSSR count). The second-order valence-electron chi connectivity index (χ2n) is 7.23. The van der Waals surface area contributed by atoms with Crippen LogP contribution in [0.15, 0.2) is 37.2 Å². The number of anilines is 1. The number of aryl methyl sites for hydroxylation is 1. The first-order chi connectivity index (χ1) is 14.5. The second-order valence-corrected chi connectivity index (χ2v) is 8.39. The fraction of sp³-hybridized carbons (Fsp3) is 0.318. The number of pyridine rings is 1. The molecule has 0 N–H and O–H groups in total. The summed E-state index contributed by atoms with van der Waals surface area (Å²) in [4.78, 5) is 19.9. The molecule has 0 atom stereocenters. The smallest absolute Gasteiger partial charge is 0.246 e. The highest BCUT2D eigenvalue weighted by atomic mass is 35.5. The van der Waals surface area contributed by atoms with Gasteiger partial charge in [0.1, 0.15) is 10.5 Å². The molecule has 2 aromatic heterocycles. The minimum atomic E-state index is -0.411. The molecule has 0 spiro atoms. The third kappa shape index (κ3) is 3.68. The summed E-state index contributed by atoms with van der Waals surface area (Å²) in [5.74, 6) is -0.479. The molecule has 1 aliphatic rings. The van der Waals surface area contributed by atoms with E-state index in [1.54, 1.807) is 23.4 Å². The Labute approximate surface area is 183 Å². The summed E-state index contributed by atoms with van der Waals surface area (Å²) in [6.45, 7) is 8.12. The number of hydrogen-bond acceptors (Lipinski definition) is 5. The molecule has 1 fully saturated rings. The van der Waals surface area contributed by atoms with Crippen molar-refractivity contribution in [3.05, 3.63) is 53.6 Å². The Morgan fingerprint density at radius 3 is 2.83 bits per heavy atom. The van der Waals surface area contributed by atoms with Crippen molar-refractivity contribution in [3.63, 3.8) is 0 Å². The van der Waals surface area contributed by atoms with Gasteiger partial charge in [0.2, 0.25) is 5.91 Å². The summed E-state index contributed by atoms with van der Waals surface area (Å²) in [6, 6.07) is 3.72. The highest BCUT2D eigenvalue weighted by Crippen LogP contribution is 2.41. The van der Waals surface area contributed by atoms with Gasteiger partial charge in [-0.3, -0.25) is 9.78 Å². The molecular formula is C22H22ClFN4OS. The van der Waals surface area contributed by atoms with Crippen molar-refractivity contribution < 1.29 is 9.18 Å². The van der Waals surface area contributed by atoms with Gasteiger partial charge in [-0.2, -0.15) is 4.37 Å². The molecule has 1 aromatic carbocycles. The third-order valence-corrected chi connectivity index (χ3v) is 6.62. The zero-order valence-corrected chi connectivity index (χ0v) is 18.3. The number of aromatic nitrogens is 2. The van der Waals surface area contributed by atoms with Crippen molar-refractivity contribution in [2.45, 2.75) is 19.8 Å². The van der Waals surface area contributed by atoms with Gasteiger partial charge in [0.15, 0.2) is 5.82 Å². The van der Waals surface area contributed by atoms with Crippen LogP contribution in [0.1, 0.15) is 18.9 Å². The van der Waals surface area contributed by atoms with Crippen LogP contribution in [0.4, 0.5) is 9.39 Å². The SMILES string of the molecule is C=CC(=O)N1CCN(c2snc3c(F)c(-c4cnccc4CCC)c(Cl)cc23)CC1. The summed E-state index contributed by atoms with van der Waals surface area (Å²) in [7, 11) is 0. The lowest BCUT2D eigenvalue weighted by molar-refractivity contribution is -0.126. The van der Waals surface area contributed by atoms with Crippen LogP contribution in [0.5, 0.6) is 0 Å². The van der Waals surface area contributed by atoms with Crippen LogP contribution in [-0.4, -0.2) is 46.3 Å². The van der Waals surface area contributed by atoms with Crippen LogP contribution in [-0.2, 0) is 11.2 Å². The van der Waals surface area contributed by atoms with Gasteiger partial charge >= 0.3 is 0 Å². The molecule has 8 heteroatoms. The number of rotatable bonds is 5. The maximum absolute atomic E-state index is 15.6. The van der Waals surface area contributed by atoms with Crippen molar-refractivity contribution in [1.82, 2.24) is 14.3 Å². The first-order valence-electron chi connectivity index (χ1n) is 9.92. The Balaban J connectivity index is 1.71. The fourth-order valence-electron chi connectivity index (χ4n) is 3.87. The molecule has 1 aliphatic heterocycles. The summed E-state index contributed by atoms with van der Waals surface area (Å²) in [5.41, 5.74) is 2.42. The normalized spacial score (nSPS) is 14.4. The summed E-state index contributed by atoms with van der Waals surface area (Å²) in [6.07, 6.45) is 6.49. The Morgan fingerprint density at radius 1 is 1.37 bits per heavy atom. The molecule has 1 saturated heterocycles. The highest BCUT2D eigenvalue weighted by molar-refractivity contribution is 7.11. The Kier molecular flexibility index (Phi) is 6.01. The molecule has 0 bridgehead atoms. The summed E-state index contributed by atoms with van der Waals surface area (Å²) < 4.78 is 20.0. The van der Waals surface area contributed by atoms with Gasteiger partial charge in [-0.15, -0.1) is 0 Å². The van der Waals surface area contributed by atoms with E-state index >= 15 is 4.39 Å². The van der Waals surface area contributed by atoms with E-state index in [-0.39, 0.29) is 5.91 Å². The quantitative estimate of drug-likeness (QED) is 0.523. The maximum atomic E-state index is 15.6. The van der Waals surface area contributed by atoms with Crippen LogP contribution >= 0.6 is 23.1 Å². The zero-order valence-electron chi connectivity index (χ0n) is 16.7. The van der Waals surface area contributed by atoms with E-state index in [0.717, 1.165) is 29.0 Å². The zero-order chi connectivity index (χ0) is 21.3. The van der Waals surface area contributed by atoms with E-state index in [1.165, 1.54) is 17.6 Å². The predicted molar refractivity (Wildman–Crippen MR) is 121 cm³/mol. The van der Waals surface area contributed by atoms with Crippen molar-refractivity contribution >= 4 is 44.9 Å². The maximum Gasteiger partial charge on any atom is 0.246 e. The minimum absolute atomic E-state index is 0.0677. The number of carbonyl (C=O) groups is 1. The van der Waals surface area contributed by atoms with Crippen molar-refractivity contribution in [2.24, 2.45) is 0 Å². The number of piperazine rings is 1. The van der Waals surface area contributed by atoms with Gasteiger partial charge in [-0.25, -0.2) is 4.39 Å². The van der Waals surface area contributed by atoms with Crippen LogP contribution in [0, 0.1) is 5.82 Å². The number of fused-ring (bicyclic) bond motifs is 1. The Hall–Kier alpha value is -2.51. The van der Waals surface area contributed by atoms with E-state index in [4.69, 9.17) is 11.6 Å². The average Bonchev–Trinajstić information content (AvgIpc) is 3.18. The van der Waals surface area contributed by atoms with E-state index in [0.29, 0.717) is 47.7 Å². The largest absolute Gasteiger partial charge is 0.358 e. The van der Waals surface area contributed by atoms with E-state index in [9.17, 15) is 4.79 Å². The number of carbonyl (C=O) groups excluding carboxylic acids is 1. The molecule has 1 amide bonds. The van der Waals surface area contributed by atoms with Crippen molar-refractivity contribution in [1.29, 1.82) is 0 Å². The van der Waals surface area contributed by atoms with Gasteiger partial charge in [0, 0.05) is 55.1 Å². The molecule has 30 heavy (non-hydrogen) atoms. The molecule has 0 radical (unpaired) electrons. The highest BCUT2D eigenvalue weighted by Gasteiger charge is 2.25. The van der Waals surface area contributed by atoms with Gasteiger partial charge in [0.25, 0.3) is 0 Å². The van der Waals surface area contributed by atoms with Crippen LogP contribution in [0.2, 0.25) is 5.02 Å². The number of benzene rings is 1. The first-order valence-corrected chi connectivity index (χ1v) is 11.1. The summed E-state index contributed by atoms with van der Waals surface area (Å²) >= 11 is 7.86. The fourth-order valence-corrected chi connectivity index (χ4v) is 5.07. The first kappa shape index (κ1) is 20.8. The standard InChI is InChI=1S/C22H22ClFN4OS/c1-3-5-14-6-7-25-13-16(14)19-17(23)12-15-21(20(19)24)26-30-22(15)28-10-8-27(9-11-28)18(29)4-2/h4,6-7,12-13H,2-3,5,8-11H2,1H3. The third-order valence-electron chi connectivity index (χ3n) is 5.40. The van der Waals surface area contributed by atoms with Crippen molar-refractivity contribution in [3.8, 4) is 11.1 Å². The van der Waals surface area contributed by atoms with Gasteiger partial charge in [-0.05, 0) is 41.7 Å². The number of amides is 1. The van der Waals surface area contributed by atoms with Crippen LogP contribution in [0.25, 0.3) is 22.0 Å². The average molecular weight is 445 g/mol. The predicted octanol–water partition coefficient (Wildman–Crippen LogP) is 4.94. The number of hydrogen-bond donors (Lipinski definition) is 0. The molecule has 3 heterocycles. The lowest BCUT2D eigenvalue weighted by Gasteiger charge is -2.34. The molecule has 156 valence electrons. The van der Waals surface area contributed by atoms with E-state index in [1.807, 2.05) is 6.07 Å². The lowest BCUT2D eigenvalue weighted by Crippen LogP contribution is -2.48. The molecule has 0 aliphatic carbocycles. The molecule has 0 saturated carbocycles. The Morgan fingerprint density at radius 2 is 2.13 bits per heavy atom. The van der Waals surface area contributed by atoms with Crippen molar-refractivity contribution in [2.75, 3.05) is 31.1 Å². The molecular weight excluding hydrogens is 423 g/mol. The Bertz CT molecular complexity index is 1110. The summed E-state index contributed by atoms with van der Waals surface area (Å²) in [5, 5.41) is 1.94. The van der Waals surface area contributed by atoms with Gasteiger partial charge in [0.05, 0.1) is 5.02 Å². The van der Waals surface area contributed by atoms with E-state index in [2.05, 4.69) is 27.8 Å². The van der Waals surface area contributed by atoms with Crippen LogP contribution < -0.4 is 4.90 Å². The van der Waals surface area contributed by atoms with Gasteiger partial charge in [-0.1, -0.05) is 31.5 Å². The molecule has 5 nitrogen and oxygen atoms in total. The van der Waals surface area contributed by atoms with Crippen LogP contribution in [0.3, 0.4) is 0 Å². The van der Waals surface area contributed by atoms with E-state index < -0.39 is 5.82 Å². The number of nitrogens with zero attached hydrogens (tertiary/aromatic N) is 4. The second kappa shape index (κ2) is 8.70.